The topological polar surface area (TPSA) is 89.0 Å². The Kier molecular flexibility index (Phi) is 9.68. The molecule has 9 heteroatoms. The van der Waals surface area contributed by atoms with Crippen molar-refractivity contribution in [1.82, 2.24) is 9.88 Å². The van der Waals surface area contributed by atoms with E-state index in [4.69, 9.17) is 9.47 Å². The van der Waals surface area contributed by atoms with Crippen molar-refractivity contribution in [2.24, 2.45) is 5.92 Å². The maximum absolute atomic E-state index is 15.0. The van der Waals surface area contributed by atoms with Gasteiger partial charge in [-0.2, -0.15) is 0 Å². The zero-order chi connectivity index (χ0) is 29.9. The van der Waals surface area contributed by atoms with Gasteiger partial charge in [-0.1, -0.05) is 18.2 Å². The molecule has 7 nitrogen and oxygen atoms in total. The van der Waals surface area contributed by atoms with Crippen LogP contribution in [0.1, 0.15) is 67.9 Å². The van der Waals surface area contributed by atoms with Crippen LogP contribution in [0.2, 0.25) is 0 Å². The van der Waals surface area contributed by atoms with Gasteiger partial charge in [0.1, 0.15) is 11.6 Å². The fourth-order valence-electron chi connectivity index (χ4n) is 5.37. The van der Waals surface area contributed by atoms with Gasteiger partial charge in [0.2, 0.25) is 5.88 Å². The predicted molar refractivity (Wildman–Crippen MR) is 159 cm³/mol. The number of esters is 1. The van der Waals surface area contributed by atoms with Crippen LogP contribution in [0.3, 0.4) is 0 Å². The quantitative estimate of drug-likeness (QED) is 0.138. The maximum Gasteiger partial charge on any atom is 0.343 e. The fourth-order valence-corrected chi connectivity index (χ4v) is 6.61. The first-order valence-electron chi connectivity index (χ1n) is 14.1. The van der Waals surface area contributed by atoms with Crippen molar-refractivity contribution in [2.45, 2.75) is 65.1 Å². The summed E-state index contributed by atoms with van der Waals surface area (Å²) < 4.78 is 38.2. The lowest BCUT2D eigenvalue weighted by Crippen LogP contribution is -2.36. The number of carbonyl (C=O) groups is 1. The van der Waals surface area contributed by atoms with Crippen molar-refractivity contribution in [3.8, 4) is 22.8 Å². The molecule has 0 amide bonds. The monoisotopic (exact) mass is 582 g/mol. The van der Waals surface area contributed by atoms with Crippen molar-refractivity contribution in [3.63, 3.8) is 0 Å². The molecule has 4 rings (SSSR count). The molecule has 3 aromatic rings. The molecule has 220 valence electrons. The molecule has 0 spiro atoms. The minimum atomic E-state index is -3.21. The third-order valence-corrected chi connectivity index (χ3v) is 8.64. The molecule has 0 bridgehead atoms. The molecule has 1 aliphatic rings. The standard InChI is InChI=1S/C32H40FN2O5P/c1-20(2)35(21(3)4)18-25-14-24(12-13-27(25)28-16-31(39-5)34-17-30(28)33)32(36)40-26-9-7-8-23(15-26)29(22-10-11-22)19-41(6,37)38/h7-9,12-17,20-22,29H,10-11,18-19H2,1-6H3,(H,37,38)/t29-/m0/s1. The van der Waals surface area contributed by atoms with Gasteiger partial charge in [-0.05, 0) is 93.3 Å². The number of pyridine rings is 1. The van der Waals surface area contributed by atoms with Gasteiger partial charge >= 0.3 is 5.97 Å². The van der Waals surface area contributed by atoms with Crippen molar-refractivity contribution in [1.29, 1.82) is 0 Å². The highest BCUT2D eigenvalue weighted by molar-refractivity contribution is 7.57. The van der Waals surface area contributed by atoms with Crippen LogP contribution in [0.4, 0.5) is 4.39 Å². The first-order chi connectivity index (χ1) is 19.4. The lowest BCUT2D eigenvalue weighted by Gasteiger charge is -2.31. The van der Waals surface area contributed by atoms with Crippen molar-refractivity contribution in [2.75, 3.05) is 19.9 Å². The molecule has 1 N–H and O–H groups in total. The lowest BCUT2D eigenvalue weighted by molar-refractivity contribution is 0.0734. The number of methoxy groups -OCH3 is 1. The van der Waals surface area contributed by atoms with E-state index in [0.29, 0.717) is 40.8 Å². The second-order valence-corrected chi connectivity index (χ2v) is 14.0. The SMILES string of the molecule is COc1cc(-c2ccc(C(=O)Oc3cccc([C@@H](CP(C)(=O)O)C4CC4)c3)cc2CN(C(C)C)C(C)C)c(F)cn1. The number of ether oxygens (including phenoxy) is 2. The molecule has 1 heterocycles. The molecule has 0 aliphatic heterocycles. The van der Waals surface area contributed by atoms with Gasteiger partial charge in [-0.15, -0.1) is 0 Å². The molecule has 2 atom stereocenters. The van der Waals surface area contributed by atoms with Crippen LogP contribution < -0.4 is 9.47 Å². The van der Waals surface area contributed by atoms with E-state index in [1.807, 2.05) is 12.1 Å². The molecule has 1 unspecified atom stereocenters. The average molecular weight is 583 g/mol. The van der Waals surface area contributed by atoms with Gasteiger partial charge in [0, 0.05) is 43.1 Å². The van der Waals surface area contributed by atoms with Crippen molar-refractivity contribution in [3.05, 3.63) is 77.2 Å². The highest BCUT2D eigenvalue weighted by Crippen LogP contribution is 2.50. The van der Waals surface area contributed by atoms with E-state index in [-0.39, 0.29) is 24.2 Å². The molecule has 1 aromatic heterocycles. The largest absolute Gasteiger partial charge is 0.481 e. The Hall–Kier alpha value is -3.06. The van der Waals surface area contributed by atoms with Gasteiger partial charge in [0.05, 0.1) is 18.9 Å². The number of rotatable bonds is 12. The van der Waals surface area contributed by atoms with Gasteiger partial charge in [0.25, 0.3) is 0 Å². The molecule has 0 radical (unpaired) electrons. The molecule has 1 saturated carbocycles. The summed E-state index contributed by atoms with van der Waals surface area (Å²) in [6, 6.07) is 14.4. The minimum absolute atomic E-state index is 0.0503. The van der Waals surface area contributed by atoms with Gasteiger partial charge in [0.15, 0.2) is 7.37 Å². The third kappa shape index (κ3) is 8.03. The predicted octanol–water partition coefficient (Wildman–Crippen LogP) is 7.13. The summed E-state index contributed by atoms with van der Waals surface area (Å²) in [6.07, 6.45) is 3.40. The Labute approximate surface area is 242 Å². The summed E-state index contributed by atoms with van der Waals surface area (Å²) in [6.45, 7) is 10.3. The number of hydrogen-bond acceptors (Lipinski definition) is 6. The van der Waals surface area contributed by atoms with E-state index in [2.05, 4.69) is 37.6 Å². The van der Waals surface area contributed by atoms with E-state index in [1.165, 1.54) is 13.8 Å². The zero-order valence-electron chi connectivity index (χ0n) is 24.6. The molecule has 41 heavy (non-hydrogen) atoms. The zero-order valence-corrected chi connectivity index (χ0v) is 25.5. The minimum Gasteiger partial charge on any atom is -0.481 e. The Morgan fingerprint density at radius 3 is 2.41 bits per heavy atom. The molecular weight excluding hydrogens is 542 g/mol. The highest BCUT2D eigenvalue weighted by atomic mass is 31.2. The lowest BCUT2D eigenvalue weighted by atomic mass is 9.96. The summed E-state index contributed by atoms with van der Waals surface area (Å²) in [5.74, 6) is -0.0209. The Bertz CT molecular complexity index is 1430. The molecular formula is C32H40FN2O5P. The number of halogens is 1. The number of aromatic nitrogens is 1. The Morgan fingerprint density at radius 1 is 1.10 bits per heavy atom. The van der Waals surface area contributed by atoms with Crippen LogP contribution in [0.25, 0.3) is 11.1 Å². The van der Waals surface area contributed by atoms with Gasteiger partial charge < -0.3 is 14.4 Å². The molecule has 1 fully saturated rings. The van der Waals surface area contributed by atoms with Crippen LogP contribution in [0.15, 0.2) is 54.7 Å². The summed E-state index contributed by atoms with van der Waals surface area (Å²) in [7, 11) is -1.73. The maximum atomic E-state index is 15.0. The van der Waals surface area contributed by atoms with Crippen LogP contribution in [0.5, 0.6) is 11.6 Å². The second kappa shape index (κ2) is 12.8. The number of nitrogens with zero attached hydrogens (tertiary/aromatic N) is 2. The van der Waals surface area contributed by atoms with E-state index in [1.54, 1.807) is 36.4 Å². The highest BCUT2D eigenvalue weighted by Gasteiger charge is 2.35. The van der Waals surface area contributed by atoms with Crippen LogP contribution in [-0.4, -0.2) is 52.8 Å². The summed E-state index contributed by atoms with van der Waals surface area (Å²) in [5.41, 5.74) is 3.01. The smallest absolute Gasteiger partial charge is 0.343 e. The van der Waals surface area contributed by atoms with Gasteiger partial charge in [-0.3, -0.25) is 9.46 Å². The van der Waals surface area contributed by atoms with E-state index in [0.717, 1.165) is 30.2 Å². The molecule has 0 saturated heterocycles. The first kappa shape index (κ1) is 30.9. The second-order valence-electron chi connectivity index (χ2n) is 11.6. The first-order valence-corrected chi connectivity index (χ1v) is 16.4. The van der Waals surface area contributed by atoms with Crippen molar-refractivity contribution >= 4 is 13.3 Å². The van der Waals surface area contributed by atoms with Crippen LogP contribution in [-0.2, 0) is 11.1 Å². The molecule has 1 aliphatic carbocycles. The number of hydrogen-bond donors (Lipinski definition) is 1. The van der Waals surface area contributed by atoms with E-state index in [9.17, 15) is 18.6 Å². The number of carbonyl (C=O) groups excluding carboxylic acids is 1. The molecule has 2 aromatic carbocycles. The van der Waals surface area contributed by atoms with E-state index < -0.39 is 19.2 Å². The normalized spacial score (nSPS) is 15.7. The summed E-state index contributed by atoms with van der Waals surface area (Å²) >= 11 is 0. The average Bonchev–Trinajstić information content (AvgIpc) is 3.75. The third-order valence-electron chi connectivity index (χ3n) is 7.57. The van der Waals surface area contributed by atoms with Crippen LogP contribution in [0, 0.1) is 11.7 Å². The van der Waals surface area contributed by atoms with Crippen molar-refractivity contribution < 1.29 is 28.1 Å². The number of benzene rings is 2. The van der Waals surface area contributed by atoms with E-state index >= 15 is 0 Å². The fraction of sp³-hybridized carbons (Fsp3) is 0.438. The summed E-state index contributed by atoms with van der Waals surface area (Å²) in [4.78, 5) is 29.6. The summed E-state index contributed by atoms with van der Waals surface area (Å²) in [5, 5.41) is 0. The Balaban J connectivity index is 1.66. The Morgan fingerprint density at radius 2 is 1.80 bits per heavy atom. The van der Waals surface area contributed by atoms with Crippen LogP contribution >= 0.6 is 7.37 Å². The van der Waals surface area contributed by atoms with Gasteiger partial charge in [-0.25, -0.2) is 14.2 Å².